The normalized spacial score (nSPS) is 10.9. The van der Waals surface area contributed by atoms with Crippen LogP contribution in [0.1, 0.15) is 13.8 Å². The van der Waals surface area contributed by atoms with E-state index < -0.39 is 0 Å². The smallest absolute Gasteiger partial charge is 0.277 e. The first-order valence-corrected chi connectivity index (χ1v) is 13.3. The third-order valence-electron chi connectivity index (χ3n) is 6.58. The second-order valence-electron chi connectivity index (χ2n) is 8.98. The Morgan fingerprint density at radius 1 is 0.650 bits per heavy atom. The van der Waals surface area contributed by atoms with Crippen molar-refractivity contribution >= 4 is 33.7 Å². The summed E-state index contributed by atoms with van der Waals surface area (Å²) in [4.78, 5) is 34.0. The van der Waals surface area contributed by atoms with E-state index in [0.717, 1.165) is 22.1 Å². The average molecular weight is 553 g/mol. The van der Waals surface area contributed by atoms with Crippen molar-refractivity contribution in [3.63, 3.8) is 0 Å². The fourth-order valence-electron chi connectivity index (χ4n) is 4.64. The molecule has 2 heterocycles. The van der Waals surface area contributed by atoms with Gasteiger partial charge in [0.1, 0.15) is 17.2 Å². The van der Waals surface area contributed by atoms with E-state index in [1.807, 2.05) is 80.6 Å². The number of fused-ring (bicyclic) bond motifs is 2. The highest BCUT2D eigenvalue weighted by atomic mass is 35.5. The molecule has 0 radical (unpaired) electrons. The standard InChI is InChI=1S/C16H13ClN2O.C16H13FN2O/c1-2-19-14-10-6-5-9-13(14)18-15(16(19)20)11-7-3-4-8-12(11)17;1-2-19-14-6-4-3-5-13(14)18-15(16(19)20)11-7-9-12(17)10-8-11/h2*3-10H,2H2,1H3. The number of rotatable bonds is 4. The maximum absolute atomic E-state index is 13.0. The van der Waals surface area contributed by atoms with Crippen LogP contribution in [-0.4, -0.2) is 19.1 Å². The van der Waals surface area contributed by atoms with Crippen LogP contribution in [0.25, 0.3) is 44.6 Å². The molecule has 0 N–H and O–H groups in total. The van der Waals surface area contributed by atoms with Gasteiger partial charge in [-0.2, -0.15) is 0 Å². The maximum atomic E-state index is 13.0. The molecule has 0 spiro atoms. The van der Waals surface area contributed by atoms with Crippen LogP contribution in [0.15, 0.2) is 107 Å². The molecule has 0 aliphatic rings. The number of para-hydroxylation sites is 4. The number of aryl methyl sites for hydroxylation is 2. The van der Waals surface area contributed by atoms with E-state index in [1.54, 1.807) is 27.3 Å². The van der Waals surface area contributed by atoms with Crippen LogP contribution >= 0.6 is 11.6 Å². The predicted molar refractivity (Wildman–Crippen MR) is 159 cm³/mol. The summed E-state index contributed by atoms with van der Waals surface area (Å²) < 4.78 is 16.4. The van der Waals surface area contributed by atoms with Crippen molar-refractivity contribution in [2.45, 2.75) is 26.9 Å². The van der Waals surface area contributed by atoms with E-state index in [4.69, 9.17) is 11.6 Å². The third kappa shape index (κ3) is 5.16. The molecule has 2 aromatic heterocycles. The summed E-state index contributed by atoms with van der Waals surface area (Å²) in [5.41, 5.74) is 4.99. The van der Waals surface area contributed by atoms with Gasteiger partial charge in [0.2, 0.25) is 0 Å². The van der Waals surface area contributed by atoms with Crippen molar-refractivity contribution in [1.29, 1.82) is 0 Å². The molecule has 6 nitrogen and oxygen atoms in total. The Labute approximate surface area is 235 Å². The minimum Gasteiger partial charge on any atom is -0.305 e. The maximum Gasteiger partial charge on any atom is 0.277 e. The van der Waals surface area contributed by atoms with Gasteiger partial charge in [-0.3, -0.25) is 9.59 Å². The molecule has 40 heavy (non-hydrogen) atoms. The van der Waals surface area contributed by atoms with Crippen molar-refractivity contribution in [3.8, 4) is 22.5 Å². The molecular weight excluding hydrogens is 527 g/mol. The zero-order valence-electron chi connectivity index (χ0n) is 22.0. The van der Waals surface area contributed by atoms with Gasteiger partial charge in [-0.1, -0.05) is 54.1 Å². The minimum absolute atomic E-state index is 0.112. The predicted octanol–water partition coefficient (Wildman–Crippen LogP) is 6.96. The van der Waals surface area contributed by atoms with Crippen molar-refractivity contribution < 1.29 is 4.39 Å². The number of halogens is 2. The second kappa shape index (κ2) is 11.6. The van der Waals surface area contributed by atoms with Crippen LogP contribution in [-0.2, 0) is 13.1 Å². The van der Waals surface area contributed by atoms with Gasteiger partial charge >= 0.3 is 0 Å². The molecule has 0 saturated heterocycles. The Balaban J connectivity index is 0.000000161. The fraction of sp³-hybridized carbons (Fsp3) is 0.125. The van der Waals surface area contributed by atoms with E-state index in [-0.39, 0.29) is 16.9 Å². The van der Waals surface area contributed by atoms with Crippen molar-refractivity contribution in [2.75, 3.05) is 0 Å². The molecule has 4 aromatic carbocycles. The number of benzene rings is 4. The Bertz CT molecular complexity index is 1950. The molecule has 0 fully saturated rings. The van der Waals surface area contributed by atoms with Gasteiger partial charge in [0.15, 0.2) is 0 Å². The summed E-state index contributed by atoms with van der Waals surface area (Å²) in [6.07, 6.45) is 0. The first-order chi connectivity index (χ1) is 19.4. The summed E-state index contributed by atoms with van der Waals surface area (Å²) in [7, 11) is 0. The molecule has 0 amide bonds. The van der Waals surface area contributed by atoms with Crippen LogP contribution in [0.2, 0.25) is 5.02 Å². The van der Waals surface area contributed by atoms with E-state index in [1.165, 1.54) is 12.1 Å². The molecule has 8 heteroatoms. The quantitative estimate of drug-likeness (QED) is 0.237. The Morgan fingerprint density at radius 3 is 1.68 bits per heavy atom. The van der Waals surface area contributed by atoms with Crippen LogP contribution < -0.4 is 11.1 Å². The zero-order chi connectivity index (χ0) is 28.2. The summed E-state index contributed by atoms with van der Waals surface area (Å²) in [5, 5.41) is 0.537. The van der Waals surface area contributed by atoms with Gasteiger partial charge in [-0.05, 0) is 68.4 Å². The Hall–Kier alpha value is -4.62. The molecule has 6 rings (SSSR count). The largest absolute Gasteiger partial charge is 0.305 e. The first kappa shape index (κ1) is 27.0. The van der Waals surface area contributed by atoms with Crippen LogP contribution in [0.3, 0.4) is 0 Å². The molecular formula is C32H26ClFN4O2. The van der Waals surface area contributed by atoms with Crippen LogP contribution in [0, 0.1) is 5.82 Å². The summed E-state index contributed by atoms with van der Waals surface area (Å²) in [5.74, 6) is -0.328. The summed E-state index contributed by atoms with van der Waals surface area (Å²) in [6.45, 7) is 5.03. The molecule has 0 bridgehead atoms. The number of hydrogen-bond donors (Lipinski definition) is 0. The number of nitrogens with zero attached hydrogens (tertiary/aromatic N) is 4. The summed E-state index contributed by atoms with van der Waals surface area (Å²) in [6, 6.07) is 28.2. The monoisotopic (exact) mass is 552 g/mol. The molecule has 0 saturated carbocycles. The summed E-state index contributed by atoms with van der Waals surface area (Å²) >= 11 is 6.19. The van der Waals surface area contributed by atoms with Crippen molar-refractivity contribution in [3.05, 3.63) is 129 Å². The topological polar surface area (TPSA) is 69.8 Å². The molecule has 200 valence electrons. The number of aromatic nitrogens is 4. The van der Waals surface area contributed by atoms with E-state index >= 15 is 0 Å². The Morgan fingerprint density at radius 2 is 1.12 bits per heavy atom. The third-order valence-corrected chi connectivity index (χ3v) is 6.91. The lowest BCUT2D eigenvalue weighted by Crippen LogP contribution is -2.23. The average Bonchev–Trinajstić information content (AvgIpc) is 2.98. The van der Waals surface area contributed by atoms with Crippen molar-refractivity contribution in [2.24, 2.45) is 0 Å². The van der Waals surface area contributed by atoms with E-state index in [2.05, 4.69) is 9.97 Å². The van der Waals surface area contributed by atoms with Crippen LogP contribution in [0.4, 0.5) is 4.39 Å². The Kier molecular flexibility index (Phi) is 7.84. The molecule has 6 aromatic rings. The van der Waals surface area contributed by atoms with Gasteiger partial charge in [0.25, 0.3) is 11.1 Å². The SMILES string of the molecule is CCn1c(=O)c(-c2ccc(F)cc2)nc2ccccc21.CCn1c(=O)c(-c2ccccc2Cl)nc2ccccc21. The molecule has 0 aliphatic carbocycles. The van der Waals surface area contributed by atoms with E-state index in [0.29, 0.717) is 40.6 Å². The van der Waals surface area contributed by atoms with Gasteiger partial charge in [0, 0.05) is 24.2 Å². The molecule has 0 aliphatic heterocycles. The number of hydrogen-bond acceptors (Lipinski definition) is 4. The van der Waals surface area contributed by atoms with Gasteiger partial charge in [0.05, 0.1) is 27.1 Å². The fourth-order valence-corrected chi connectivity index (χ4v) is 4.86. The molecule has 0 atom stereocenters. The lowest BCUT2D eigenvalue weighted by atomic mass is 10.1. The zero-order valence-corrected chi connectivity index (χ0v) is 22.8. The lowest BCUT2D eigenvalue weighted by molar-refractivity contribution is 0.628. The molecule has 0 unspecified atom stereocenters. The van der Waals surface area contributed by atoms with Gasteiger partial charge in [-0.15, -0.1) is 0 Å². The van der Waals surface area contributed by atoms with E-state index in [9.17, 15) is 14.0 Å². The highest BCUT2D eigenvalue weighted by molar-refractivity contribution is 6.33. The van der Waals surface area contributed by atoms with Gasteiger partial charge in [-0.25, -0.2) is 14.4 Å². The highest BCUT2D eigenvalue weighted by Gasteiger charge is 2.14. The first-order valence-electron chi connectivity index (χ1n) is 12.9. The highest BCUT2D eigenvalue weighted by Crippen LogP contribution is 2.25. The second-order valence-corrected chi connectivity index (χ2v) is 9.39. The minimum atomic E-state index is -0.328. The van der Waals surface area contributed by atoms with Crippen molar-refractivity contribution in [1.82, 2.24) is 19.1 Å². The van der Waals surface area contributed by atoms with Crippen LogP contribution in [0.5, 0.6) is 0 Å². The lowest BCUT2D eigenvalue weighted by Gasteiger charge is -2.11. The van der Waals surface area contributed by atoms with Gasteiger partial charge < -0.3 is 9.13 Å².